The van der Waals surface area contributed by atoms with E-state index in [-0.39, 0.29) is 4.90 Å². The van der Waals surface area contributed by atoms with Crippen LogP contribution in [0.2, 0.25) is 0 Å². The Morgan fingerprint density at radius 3 is 2.54 bits per heavy atom. The highest BCUT2D eigenvalue weighted by Gasteiger charge is 2.22. The van der Waals surface area contributed by atoms with Crippen LogP contribution in [0.25, 0.3) is 27.6 Å². The minimum absolute atomic E-state index is 0.265. The Morgan fingerprint density at radius 1 is 1.04 bits per heavy atom. The number of hydrogen-bond acceptors (Lipinski definition) is 6. The van der Waals surface area contributed by atoms with E-state index in [1.165, 1.54) is 15.3 Å². The van der Waals surface area contributed by atoms with E-state index in [9.17, 15) is 8.42 Å². The van der Waals surface area contributed by atoms with Gasteiger partial charge in [0.05, 0.1) is 10.6 Å². The van der Waals surface area contributed by atoms with Gasteiger partial charge in [-0.2, -0.15) is 4.31 Å². The first-order chi connectivity index (χ1) is 12.5. The molecule has 0 atom stereocenters. The van der Waals surface area contributed by atoms with Crippen molar-refractivity contribution in [3.8, 4) is 5.69 Å². The second-order valence-electron chi connectivity index (χ2n) is 5.78. The van der Waals surface area contributed by atoms with Crippen molar-refractivity contribution in [2.75, 3.05) is 13.1 Å². The second-order valence-corrected chi connectivity index (χ2v) is 7.72. The van der Waals surface area contributed by atoms with E-state index in [4.69, 9.17) is 4.42 Å². The summed E-state index contributed by atoms with van der Waals surface area (Å²) >= 11 is 0. The molecule has 4 aromatic rings. The lowest BCUT2D eigenvalue weighted by Crippen LogP contribution is -2.30. The van der Waals surface area contributed by atoms with E-state index in [2.05, 4.69) is 15.5 Å². The molecule has 9 heteroatoms. The van der Waals surface area contributed by atoms with Gasteiger partial charge in [0, 0.05) is 29.9 Å². The molecule has 26 heavy (non-hydrogen) atoms. The van der Waals surface area contributed by atoms with Crippen molar-refractivity contribution in [1.29, 1.82) is 0 Å². The van der Waals surface area contributed by atoms with Crippen molar-refractivity contribution in [3.63, 3.8) is 0 Å². The Hall–Kier alpha value is -2.78. The van der Waals surface area contributed by atoms with E-state index in [1.807, 2.05) is 32.0 Å². The van der Waals surface area contributed by atoms with Crippen LogP contribution in [0, 0.1) is 0 Å². The van der Waals surface area contributed by atoms with Crippen molar-refractivity contribution >= 4 is 32.0 Å². The lowest BCUT2D eigenvalue weighted by Gasteiger charge is -2.18. The molecule has 0 spiro atoms. The van der Waals surface area contributed by atoms with Crippen LogP contribution in [0.15, 0.2) is 52.0 Å². The fourth-order valence-electron chi connectivity index (χ4n) is 3.04. The summed E-state index contributed by atoms with van der Waals surface area (Å²) in [5.74, 6) is 0. The molecule has 0 aliphatic heterocycles. The molecule has 0 saturated carbocycles. The van der Waals surface area contributed by atoms with Crippen LogP contribution in [-0.4, -0.2) is 46.0 Å². The molecule has 0 saturated heterocycles. The fourth-order valence-corrected chi connectivity index (χ4v) is 4.52. The van der Waals surface area contributed by atoms with Crippen molar-refractivity contribution in [1.82, 2.24) is 24.5 Å². The van der Waals surface area contributed by atoms with E-state index in [0.717, 1.165) is 16.5 Å². The van der Waals surface area contributed by atoms with Gasteiger partial charge in [-0.15, -0.1) is 5.10 Å². The number of benzene rings is 2. The summed E-state index contributed by atoms with van der Waals surface area (Å²) in [5.41, 5.74) is 2.04. The molecule has 0 unspecified atom stereocenters. The highest BCUT2D eigenvalue weighted by Crippen LogP contribution is 2.32. The first-order valence-electron chi connectivity index (χ1n) is 8.24. The molecule has 0 aliphatic rings. The SMILES string of the molecule is CCN(CC)S(=O)(=O)c1ccc2oc3cc(-n4cnnn4)ccc3c2c1. The molecule has 0 radical (unpaired) electrons. The summed E-state index contributed by atoms with van der Waals surface area (Å²) in [6, 6.07) is 10.5. The third kappa shape index (κ3) is 2.56. The molecule has 2 aromatic carbocycles. The Balaban J connectivity index is 1.87. The van der Waals surface area contributed by atoms with Crippen LogP contribution in [0.3, 0.4) is 0 Å². The zero-order chi connectivity index (χ0) is 18.3. The Kier molecular flexibility index (Phi) is 3.97. The molecule has 0 aliphatic carbocycles. The Morgan fingerprint density at radius 2 is 1.85 bits per heavy atom. The van der Waals surface area contributed by atoms with Crippen molar-refractivity contribution in [2.24, 2.45) is 0 Å². The summed E-state index contributed by atoms with van der Waals surface area (Å²) in [5, 5.41) is 12.7. The van der Waals surface area contributed by atoms with Gasteiger partial charge >= 0.3 is 0 Å². The fraction of sp³-hybridized carbons (Fsp3) is 0.235. The molecule has 0 N–H and O–H groups in total. The van der Waals surface area contributed by atoms with Gasteiger partial charge in [0.15, 0.2) is 0 Å². The smallest absolute Gasteiger partial charge is 0.243 e. The highest BCUT2D eigenvalue weighted by atomic mass is 32.2. The maximum absolute atomic E-state index is 12.8. The minimum Gasteiger partial charge on any atom is -0.456 e. The average molecular weight is 371 g/mol. The number of rotatable bonds is 5. The predicted octanol–water partition coefficient (Wildman–Crippen LogP) is 2.59. The number of nitrogens with zero attached hydrogens (tertiary/aromatic N) is 5. The standard InChI is InChI=1S/C17H17N5O3S/c1-3-21(4-2)26(23,24)13-6-8-16-15(10-13)14-7-5-12(9-17(14)25-16)22-11-18-19-20-22/h5-11H,3-4H2,1-2H3. The summed E-state index contributed by atoms with van der Waals surface area (Å²) in [6.07, 6.45) is 1.50. The van der Waals surface area contributed by atoms with Crippen LogP contribution >= 0.6 is 0 Å². The van der Waals surface area contributed by atoms with Gasteiger partial charge in [-0.1, -0.05) is 13.8 Å². The Bertz CT molecular complexity index is 1180. The van der Waals surface area contributed by atoms with E-state index in [0.29, 0.717) is 24.3 Å². The molecule has 2 aromatic heterocycles. The predicted molar refractivity (Wildman–Crippen MR) is 96.5 cm³/mol. The van der Waals surface area contributed by atoms with Gasteiger partial charge in [-0.05, 0) is 40.8 Å². The van der Waals surface area contributed by atoms with Gasteiger partial charge < -0.3 is 4.42 Å². The van der Waals surface area contributed by atoms with Crippen LogP contribution in [0.1, 0.15) is 13.8 Å². The zero-order valence-electron chi connectivity index (χ0n) is 14.3. The molecule has 2 heterocycles. The second kappa shape index (κ2) is 6.19. The van der Waals surface area contributed by atoms with Crippen molar-refractivity contribution in [3.05, 3.63) is 42.7 Å². The highest BCUT2D eigenvalue weighted by molar-refractivity contribution is 7.89. The van der Waals surface area contributed by atoms with E-state index >= 15 is 0 Å². The minimum atomic E-state index is -3.52. The van der Waals surface area contributed by atoms with Crippen molar-refractivity contribution < 1.29 is 12.8 Å². The number of furan rings is 1. The first kappa shape index (κ1) is 16.7. The molecule has 8 nitrogen and oxygen atoms in total. The monoisotopic (exact) mass is 371 g/mol. The zero-order valence-corrected chi connectivity index (χ0v) is 15.1. The number of hydrogen-bond donors (Lipinski definition) is 0. The lowest BCUT2D eigenvalue weighted by atomic mass is 10.1. The largest absolute Gasteiger partial charge is 0.456 e. The van der Waals surface area contributed by atoms with Gasteiger partial charge in [0.25, 0.3) is 0 Å². The molecule has 0 bridgehead atoms. The maximum atomic E-state index is 12.8. The van der Waals surface area contributed by atoms with Gasteiger partial charge in [-0.25, -0.2) is 13.1 Å². The van der Waals surface area contributed by atoms with Crippen LogP contribution in [-0.2, 0) is 10.0 Å². The van der Waals surface area contributed by atoms with Gasteiger partial charge in [-0.3, -0.25) is 0 Å². The van der Waals surface area contributed by atoms with E-state index < -0.39 is 10.0 Å². The lowest BCUT2D eigenvalue weighted by molar-refractivity contribution is 0.445. The van der Waals surface area contributed by atoms with Crippen LogP contribution in [0.5, 0.6) is 0 Å². The topological polar surface area (TPSA) is 94.1 Å². The van der Waals surface area contributed by atoms with Crippen molar-refractivity contribution in [2.45, 2.75) is 18.7 Å². The number of aromatic nitrogens is 4. The number of tetrazole rings is 1. The Labute approximate surface area is 150 Å². The average Bonchev–Trinajstić information content (AvgIpc) is 3.29. The third-order valence-electron chi connectivity index (χ3n) is 4.38. The maximum Gasteiger partial charge on any atom is 0.243 e. The van der Waals surface area contributed by atoms with E-state index in [1.54, 1.807) is 18.2 Å². The molecule has 0 amide bonds. The summed E-state index contributed by atoms with van der Waals surface area (Å²) in [4.78, 5) is 0.265. The van der Waals surface area contributed by atoms with Gasteiger partial charge in [0.1, 0.15) is 17.5 Å². The third-order valence-corrected chi connectivity index (χ3v) is 6.43. The van der Waals surface area contributed by atoms with Gasteiger partial charge in [0.2, 0.25) is 10.0 Å². The number of fused-ring (bicyclic) bond motifs is 3. The van der Waals surface area contributed by atoms with Crippen LogP contribution in [0.4, 0.5) is 0 Å². The summed E-state index contributed by atoms with van der Waals surface area (Å²) < 4.78 is 34.4. The molecular formula is C17H17N5O3S. The normalized spacial score (nSPS) is 12.4. The summed E-state index contributed by atoms with van der Waals surface area (Å²) in [7, 11) is -3.52. The first-order valence-corrected chi connectivity index (χ1v) is 9.68. The van der Waals surface area contributed by atoms with Crippen LogP contribution < -0.4 is 0 Å². The molecular weight excluding hydrogens is 354 g/mol. The molecule has 4 rings (SSSR count). The summed E-state index contributed by atoms with van der Waals surface area (Å²) in [6.45, 7) is 4.51. The quantitative estimate of drug-likeness (QED) is 0.535. The number of sulfonamides is 1. The molecule has 134 valence electrons. The molecule has 0 fully saturated rings.